The fraction of sp³-hybridized carbons (Fsp3) is 0.200. The molecular weight excluding hydrogens is 216 g/mol. The summed E-state index contributed by atoms with van der Waals surface area (Å²) in [6.07, 6.45) is 0. The molecule has 0 fully saturated rings. The van der Waals surface area contributed by atoms with Gasteiger partial charge < -0.3 is 0 Å². The van der Waals surface area contributed by atoms with Crippen molar-refractivity contribution < 1.29 is 0 Å². The van der Waals surface area contributed by atoms with Gasteiger partial charge in [-0.05, 0) is 48.6 Å². The number of aryl methyl sites for hydroxylation is 1. The SMILES string of the molecule is Cc1cccc(-c2cc[c]c(Cl)c2C)c1C. The molecule has 0 amide bonds. The minimum atomic E-state index is 0.707. The van der Waals surface area contributed by atoms with Crippen molar-refractivity contribution in [1.29, 1.82) is 0 Å². The van der Waals surface area contributed by atoms with Crippen molar-refractivity contribution in [1.82, 2.24) is 0 Å². The predicted octanol–water partition coefficient (Wildman–Crippen LogP) is 4.73. The van der Waals surface area contributed by atoms with Gasteiger partial charge in [0.15, 0.2) is 0 Å². The van der Waals surface area contributed by atoms with E-state index in [2.05, 4.69) is 44.2 Å². The van der Waals surface area contributed by atoms with E-state index in [1.54, 1.807) is 0 Å². The quantitative estimate of drug-likeness (QED) is 0.663. The standard InChI is InChI=1S/C15H14Cl/c1-10-6-4-7-13(11(10)2)14-8-5-9-15(16)12(14)3/h4-8H,1-3H3. The molecule has 0 atom stereocenters. The Morgan fingerprint density at radius 3 is 2.38 bits per heavy atom. The van der Waals surface area contributed by atoms with Gasteiger partial charge in [-0.3, -0.25) is 0 Å². The van der Waals surface area contributed by atoms with Crippen LogP contribution in [0.3, 0.4) is 0 Å². The van der Waals surface area contributed by atoms with Crippen LogP contribution < -0.4 is 0 Å². The van der Waals surface area contributed by atoms with Crippen LogP contribution in [0, 0.1) is 26.8 Å². The molecule has 0 heterocycles. The highest BCUT2D eigenvalue weighted by Crippen LogP contribution is 2.31. The van der Waals surface area contributed by atoms with Crippen LogP contribution in [0.4, 0.5) is 0 Å². The Kier molecular flexibility index (Phi) is 3.02. The first kappa shape index (κ1) is 11.2. The highest BCUT2D eigenvalue weighted by Gasteiger charge is 2.08. The van der Waals surface area contributed by atoms with E-state index in [4.69, 9.17) is 11.6 Å². The van der Waals surface area contributed by atoms with E-state index in [0.717, 1.165) is 5.56 Å². The summed E-state index contributed by atoms with van der Waals surface area (Å²) in [7, 11) is 0. The summed E-state index contributed by atoms with van der Waals surface area (Å²) in [5.74, 6) is 0. The summed E-state index contributed by atoms with van der Waals surface area (Å²) in [5, 5.41) is 0.707. The molecule has 0 aliphatic heterocycles. The van der Waals surface area contributed by atoms with Gasteiger partial charge in [-0.15, -0.1) is 0 Å². The van der Waals surface area contributed by atoms with E-state index in [1.165, 1.54) is 22.3 Å². The van der Waals surface area contributed by atoms with Crippen molar-refractivity contribution in [3.05, 3.63) is 58.1 Å². The summed E-state index contributed by atoms with van der Waals surface area (Å²) in [4.78, 5) is 0. The lowest BCUT2D eigenvalue weighted by Crippen LogP contribution is -1.90. The summed E-state index contributed by atoms with van der Waals surface area (Å²) >= 11 is 6.10. The Hall–Kier alpha value is -1.27. The van der Waals surface area contributed by atoms with Crippen LogP contribution in [0.1, 0.15) is 16.7 Å². The smallest absolute Gasteiger partial charge is 0.0520 e. The Bertz CT molecular complexity index is 477. The van der Waals surface area contributed by atoms with Crippen molar-refractivity contribution >= 4 is 11.6 Å². The molecule has 1 heteroatoms. The Balaban J connectivity index is 2.68. The summed E-state index contributed by atoms with van der Waals surface area (Å²) in [6.45, 7) is 6.31. The molecular formula is C15H14Cl. The zero-order valence-electron chi connectivity index (χ0n) is 9.76. The van der Waals surface area contributed by atoms with Crippen molar-refractivity contribution in [2.75, 3.05) is 0 Å². The molecule has 2 rings (SSSR count). The number of hydrogen-bond acceptors (Lipinski definition) is 0. The number of rotatable bonds is 1. The zero-order valence-corrected chi connectivity index (χ0v) is 10.5. The van der Waals surface area contributed by atoms with Crippen LogP contribution in [0.2, 0.25) is 5.02 Å². The van der Waals surface area contributed by atoms with Crippen molar-refractivity contribution in [3.8, 4) is 11.1 Å². The number of halogens is 1. The first-order valence-electron chi connectivity index (χ1n) is 5.34. The average Bonchev–Trinajstić information content (AvgIpc) is 2.27. The minimum Gasteiger partial charge on any atom is -0.0833 e. The van der Waals surface area contributed by atoms with Gasteiger partial charge >= 0.3 is 0 Å². The lowest BCUT2D eigenvalue weighted by atomic mass is 9.94. The van der Waals surface area contributed by atoms with Crippen molar-refractivity contribution in [3.63, 3.8) is 0 Å². The third-order valence-electron chi connectivity index (χ3n) is 3.09. The highest BCUT2D eigenvalue weighted by molar-refractivity contribution is 6.31. The maximum atomic E-state index is 6.10. The largest absolute Gasteiger partial charge is 0.0833 e. The van der Waals surface area contributed by atoms with Crippen LogP contribution >= 0.6 is 11.6 Å². The minimum absolute atomic E-state index is 0.707. The Morgan fingerprint density at radius 1 is 0.938 bits per heavy atom. The molecule has 0 saturated carbocycles. The normalized spacial score (nSPS) is 10.5. The lowest BCUT2D eigenvalue weighted by Gasteiger charge is -2.12. The van der Waals surface area contributed by atoms with Crippen LogP contribution in [0.5, 0.6) is 0 Å². The molecule has 0 aromatic heterocycles. The van der Waals surface area contributed by atoms with E-state index in [-0.39, 0.29) is 0 Å². The van der Waals surface area contributed by atoms with Gasteiger partial charge in [-0.1, -0.05) is 41.9 Å². The molecule has 16 heavy (non-hydrogen) atoms. The van der Waals surface area contributed by atoms with Crippen LogP contribution in [0.25, 0.3) is 11.1 Å². The molecule has 0 unspecified atom stereocenters. The molecule has 0 N–H and O–H groups in total. The van der Waals surface area contributed by atoms with Gasteiger partial charge in [-0.25, -0.2) is 0 Å². The summed E-state index contributed by atoms with van der Waals surface area (Å²) in [5.41, 5.74) is 6.17. The molecule has 0 nitrogen and oxygen atoms in total. The molecule has 81 valence electrons. The topological polar surface area (TPSA) is 0 Å². The molecule has 0 saturated heterocycles. The van der Waals surface area contributed by atoms with Crippen LogP contribution in [0.15, 0.2) is 30.3 Å². The van der Waals surface area contributed by atoms with Gasteiger partial charge in [0, 0.05) is 6.07 Å². The van der Waals surface area contributed by atoms with E-state index in [9.17, 15) is 0 Å². The van der Waals surface area contributed by atoms with E-state index in [0.29, 0.717) is 5.02 Å². The van der Waals surface area contributed by atoms with Gasteiger partial charge in [0.25, 0.3) is 0 Å². The summed E-state index contributed by atoms with van der Waals surface area (Å²) < 4.78 is 0. The highest BCUT2D eigenvalue weighted by atomic mass is 35.5. The second kappa shape index (κ2) is 4.31. The average molecular weight is 230 g/mol. The van der Waals surface area contributed by atoms with Gasteiger partial charge in [0.2, 0.25) is 0 Å². The number of benzene rings is 2. The molecule has 2 aromatic carbocycles. The molecule has 1 radical (unpaired) electrons. The lowest BCUT2D eigenvalue weighted by molar-refractivity contribution is 1.33. The first-order chi connectivity index (χ1) is 7.61. The maximum Gasteiger partial charge on any atom is 0.0520 e. The zero-order chi connectivity index (χ0) is 11.7. The Morgan fingerprint density at radius 2 is 1.62 bits per heavy atom. The fourth-order valence-electron chi connectivity index (χ4n) is 1.88. The second-order valence-corrected chi connectivity index (χ2v) is 4.46. The van der Waals surface area contributed by atoms with E-state index in [1.807, 2.05) is 13.0 Å². The number of hydrogen-bond donors (Lipinski definition) is 0. The predicted molar refractivity (Wildman–Crippen MR) is 69.9 cm³/mol. The van der Waals surface area contributed by atoms with Crippen molar-refractivity contribution in [2.24, 2.45) is 0 Å². The molecule has 0 bridgehead atoms. The molecule has 0 spiro atoms. The van der Waals surface area contributed by atoms with Gasteiger partial charge in [-0.2, -0.15) is 0 Å². The first-order valence-corrected chi connectivity index (χ1v) is 5.72. The Labute approximate surface area is 102 Å². The van der Waals surface area contributed by atoms with Crippen molar-refractivity contribution in [2.45, 2.75) is 20.8 Å². The molecule has 2 aromatic rings. The molecule has 0 aliphatic carbocycles. The van der Waals surface area contributed by atoms with E-state index >= 15 is 0 Å². The fourth-order valence-corrected chi connectivity index (χ4v) is 2.05. The second-order valence-electron chi connectivity index (χ2n) is 4.08. The maximum absolute atomic E-state index is 6.10. The van der Waals surface area contributed by atoms with Gasteiger partial charge in [0.1, 0.15) is 0 Å². The molecule has 0 aliphatic rings. The monoisotopic (exact) mass is 229 g/mol. The van der Waals surface area contributed by atoms with Crippen LogP contribution in [-0.2, 0) is 0 Å². The third-order valence-corrected chi connectivity index (χ3v) is 3.48. The summed E-state index contributed by atoms with van der Waals surface area (Å²) in [6, 6.07) is 13.3. The van der Waals surface area contributed by atoms with Crippen LogP contribution in [-0.4, -0.2) is 0 Å². The van der Waals surface area contributed by atoms with Gasteiger partial charge in [0.05, 0.1) is 5.02 Å². The third kappa shape index (κ3) is 1.85. The van der Waals surface area contributed by atoms with E-state index < -0.39 is 0 Å².